The number of fused-ring (bicyclic) bond motifs is 1. The first kappa shape index (κ1) is 27.5. The van der Waals surface area contributed by atoms with Crippen molar-refractivity contribution in [3.05, 3.63) is 29.3 Å². The van der Waals surface area contributed by atoms with Crippen LogP contribution in [0.15, 0.2) is 18.2 Å². The molecule has 3 heterocycles. The summed E-state index contributed by atoms with van der Waals surface area (Å²) >= 11 is 5.42. The first-order chi connectivity index (χ1) is 17.1. The van der Waals surface area contributed by atoms with Gasteiger partial charge in [-0.3, -0.25) is 14.4 Å². The molecule has 198 valence electrons. The van der Waals surface area contributed by atoms with Gasteiger partial charge in [0.15, 0.2) is 0 Å². The van der Waals surface area contributed by atoms with Crippen LogP contribution in [0, 0.1) is 31.6 Å². The Kier molecular flexibility index (Phi) is 8.12. The maximum atomic E-state index is 14.2. The number of nitrogens with zero attached hydrogens (tertiary/aromatic N) is 1. The number of aryl methyl sites for hydroxylation is 2. The molecule has 0 saturated carbocycles. The number of alkyl halides is 1. The van der Waals surface area contributed by atoms with E-state index >= 15 is 0 Å². The van der Waals surface area contributed by atoms with Crippen molar-refractivity contribution in [1.29, 1.82) is 0 Å². The highest BCUT2D eigenvalue weighted by Crippen LogP contribution is 2.68. The number of thioether (sulfide) groups is 1. The molecule has 1 aromatic carbocycles. The van der Waals surface area contributed by atoms with E-state index in [1.165, 1.54) is 0 Å². The molecular formula is C27H38BrN3O4S. The minimum Gasteiger partial charge on any atom is -0.394 e. The zero-order chi connectivity index (χ0) is 26.4. The van der Waals surface area contributed by atoms with Crippen molar-refractivity contribution in [2.24, 2.45) is 17.8 Å². The van der Waals surface area contributed by atoms with Gasteiger partial charge >= 0.3 is 0 Å². The van der Waals surface area contributed by atoms with Crippen LogP contribution in [0.4, 0.5) is 5.69 Å². The standard InChI is InChI=1S/C27H38BrN3O4S/c1-6-10-29-24(33)20-21-26(35)31(19(13-32)15(4)7-2)23(27(21)12-17(28)22(20)36-27)25(34)30-18-11-14(3)8-9-16(18)5/h8-9,11,15,17,19-23,32H,6-7,10,12-13H2,1-5H3,(H,29,33)(H,30,34)/t15-,17?,19-,20+,21-,22+,23?,27?/m0/s1. The molecule has 4 rings (SSSR count). The second-order valence-corrected chi connectivity index (χ2v) is 13.4. The summed E-state index contributed by atoms with van der Waals surface area (Å²) in [6.07, 6.45) is 2.19. The number of nitrogens with one attached hydrogen (secondary N) is 2. The van der Waals surface area contributed by atoms with Gasteiger partial charge in [-0.15, -0.1) is 11.8 Å². The molecule has 9 heteroatoms. The Labute approximate surface area is 226 Å². The zero-order valence-corrected chi connectivity index (χ0v) is 24.1. The van der Waals surface area contributed by atoms with E-state index in [4.69, 9.17) is 0 Å². The van der Waals surface area contributed by atoms with Crippen LogP contribution in [0.5, 0.6) is 0 Å². The molecule has 8 atom stereocenters. The SMILES string of the molecule is CCCNC(=O)[C@H]1[C@@H]2SC3(CC2Br)C(C(=O)Nc2cc(C)ccc2C)N([C@@H](CO)[C@@H](C)CC)C(=O)[C@H]13. The van der Waals surface area contributed by atoms with Crippen LogP contribution in [-0.2, 0) is 14.4 Å². The van der Waals surface area contributed by atoms with Crippen LogP contribution in [0.2, 0.25) is 0 Å². The fourth-order valence-corrected chi connectivity index (χ4v) is 9.88. The number of carbonyl (C=O) groups is 3. The van der Waals surface area contributed by atoms with E-state index in [0.717, 1.165) is 29.7 Å². The summed E-state index contributed by atoms with van der Waals surface area (Å²) in [5.74, 6) is -1.64. The summed E-state index contributed by atoms with van der Waals surface area (Å²) in [5, 5.41) is 16.5. The molecule has 1 aromatic rings. The third-order valence-corrected chi connectivity index (χ3v) is 11.5. The number of benzene rings is 1. The van der Waals surface area contributed by atoms with Crippen LogP contribution in [0.25, 0.3) is 0 Å². The monoisotopic (exact) mass is 579 g/mol. The number of hydrogen-bond donors (Lipinski definition) is 3. The van der Waals surface area contributed by atoms with Gasteiger partial charge in [0.2, 0.25) is 17.7 Å². The van der Waals surface area contributed by atoms with Gasteiger partial charge < -0.3 is 20.6 Å². The molecule has 36 heavy (non-hydrogen) atoms. The van der Waals surface area contributed by atoms with Crippen LogP contribution < -0.4 is 10.6 Å². The van der Waals surface area contributed by atoms with Gasteiger partial charge in [-0.2, -0.15) is 0 Å². The van der Waals surface area contributed by atoms with Gasteiger partial charge in [-0.05, 0) is 49.8 Å². The fourth-order valence-electron chi connectivity index (χ4n) is 6.28. The van der Waals surface area contributed by atoms with Crippen molar-refractivity contribution in [3.63, 3.8) is 0 Å². The average Bonchev–Trinajstić information content (AvgIpc) is 3.44. The normalized spacial score (nSPS) is 32.4. The number of halogens is 1. The molecule has 2 bridgehead atoms. The third kappa shape index (κ3) is 4.39. The summed E-state index contributed by atoms with van der Waals surface area (Å²) in [4.78, 5) is 43.3. The van der Waals surface area contributed by atoms with Gasteiger partial charge in [0.25, 0.3) is 0 Å². The minimum atomic E-state index is -0.778. The molecule has 0 aromatic heterocycles. The van der Waals surface area contributed by atoms with Crippen molar-refractivity contribution in [3.8, 4) is 0 Å². The van der Waals surface area contributed by atoms with Gasteiger partial charge in [-0.1, -0.05) is 55.3 Å². The number of aliphatic hydroxyl groups excluding tert-OH is 1. The molecule has 0 aliphatic carbocycles. The highest BCUT2D eigenvalue weighted by molar-refractivity contribution is 9.09. The van der Waals surface area contributed by atoms with Gasteiger partial charge in [0.1, 0.15) is 6.04 Å². The van der Waals surface area contributed by atoms with E-state index in [1.807, 2.05) is 52.8 Å². The summed E-state index contributed by atoms with van der Waals surface area (Å²) in [7, 11) is 0. The Hall–Kier alpha value is -1.58. The second-order valence-electron chi connectivity index (χ2n) is 10.6. The van der Waals surface area contributed by atoms with E-state index in [2.05, 4.69) is 26.6 Å². The molecule has 3 saturated heterocycles. The van der Waals surface area contributed by atoms with Crippen molar-refractivity contribution in [2.45, 2.75) is 80.8 Å². The van der Waals surface area contributed by atoms with Crippen LogP contribution in [0.3, 0.4) is 0 Å². The van der Waals surface area contributed by atoms with Gasteiger partial charge in [0, 0.05) is 22.3 Å². The Balaban J connectivity index is 1.79. The maximum absolute atomic E-state index is 14.2. The van der Waals surface area contributed by atoms with Gasteiger partial charge in [0.05, 0.1) is 29.2 Å². The summed E-state index contributed by atoms with van der Waals surface area (Å²) in [6, 6.07) is 4.64. The molecule has 3 aliphatic heterocycles. The average molecular weight is 581 g/mol. The largest absolute Gasteiger partial charge is 0.394 e. The van der Waals surface area contributed by atoms with E-state index in [1.54, 1.807) is 16.7 Å². The fraction of sp³-hybridized carbons (Fsp3) is 0.667. The smallest absolute Gasteiger partial charge is 0.248 e. The second kappa shape index (κ2) is 10.7. The molecule has 3 N–H and O–H groups in total. The Morgan fingerprint density at radius 2 is 2.00 bits per heavy atom. The number of hydrogen-bond acceptors (Lipinski definition) is 5. The lowest BCUT2D eigenvalue weighted by atomic mass is 9.70. The maximum Gasteiger partial charge on any atom is 0.248 e. The quantitative estimate of drug-likeness (QED) is 0.388. The zero-order valence-electron chi connectivity index (χ0n) is 21.7. The molecule has 3 fully saturated rings. The molecule has 3 amide bonds. The molecule has 7 nitrogen and oxygen atoms in total. The number of likely N-dealkylation sites (tertiary alicyclic amines) is 1. The highest BCUT2D eigenvalue weighted by Gasteiger charge is 2.76. The first-order valence-corrected chi connectivity index (χ1v) is 14.8. The van der Waals surface area contributed by atoms with Crippen LogP contribution >= 0.6 is 27.7 Å². The van der Waals surface area contributed by atoms with Crippen LogP contribution in [0.1, 0.15) is 51.2 Å². The lowest BCUT2D eigenvalue weighted by Crippen LogP contribution is -2.56. The number of aliphatic hydroxyl groups is 1. The number of carbonyl (C=O) groups excluding carboxylic acids is 3. The molecule has 3 unspecified atom stereocenters. The first-order valence-electron chi connectivity index (χ1n) is 13.0. The number of anilines is 1. The topological polar surface area (TPSA) is 98.7 Å². The van der Waals surface area contributed by atoms with E-state index < -0.39 is 28.7 Å². The van der Waals surface area contributed by atoms with Gasteiger partial charge in [-0.25, -0.2) is 0 Å². The Bertz CT molecular complexity index is 1040. The van der Waals surface area contributed by atoms with E-state index in [0.29, 0.717) is 13.0 Å². The molecular weight excluding hydrogens is 542 g/mol. The van der Waals surface area contributed by atoms with E-state index in [-0.39, 0.29) is 40.3 Å². The van der Waals surface area contributed by atoms with Crippen molar-refractivity contribution >= 4 is 51.1 Å². The molecule has 0 radical (unpaired) electrons. The minimum absolute atomic E-state index is 0.000447. The lowest BCUT2D eigenvalue weighted by molar-refractivity contribution is -0.143. The number of amides is 3. The Morgan fingerprint density at radius 3 is 2.64 bits per heavy atom. The van der Waals surface area contributed by atoms with Crippen molar-refractivity contribution in [1.82, 2.24) is 10.2 Å². The predicted molar refractivity (Wildman–Crippen MR) is 147 cm³/mol. The third-order valence-electron chi connectivity index (χ3n) is 8.32. The summed E-state index contributed by atoms with van der Waals surface area (Å²) in [5.41, 5.74) is 2.70. The lowest BCUT2D eigenvalue weighted by Gasteiger charge is -2.39. The molecule has 1 spiro atoms. The molecule has 3 aliphatic rings. The van der Waals surface area contributed by atoms with E-state index in [9.17, 15) is 19.5 Å². The van der Waals surface area contributed by atoms with Crippen LogP contribution in [-0.4, -0.2) is 67.8 Å². The van der Waals surface area contributed by atoms with Crippen molar-refractivity contribution in [2.75, 3.05) is 18.5 Å². The van der Waals surface area contributed by atoms with Crippen molar-refractivity contribution < 1.29 is 19.5 Å². The summed E-state index contributed by atoms with van der Waals surface area (Å²) < 4.78 is -0.729. The Morgan fingerprint density at radius 1 is 1.28 bits per heavy atom. The highest BCUT2D eigenvalue weighted by atomic mass is 79.9. The number of rotatable bonds is 9. The summed E-state index contributed by atoms with van der Waals surface area (Å²) in [6.45, 7) is 10.3. The predicted octanol–water partition coefficient (Wildman–Crippen LogP) is 3.64.